The zero-order valence-electron chi connectivity index (χ0n) is 19.4. The van der Waals surface area contributed by atoms with E-state index in [1.54, 1.807) is 49.4 Å². The van der Waals surface area contributed by atoms with Crippen molar-refractivity contribution in [2.75, 3.05) is 25.1 Å². The lowest BCUT2D eigenvalue weighted by Crippen LogP contribution is -2.41. The van der Waals surface area contributed by atoms with Crippen LogP contribution in [0.1, 0.15) is 24.1 Å². The fourth-order valence-corrected chi connectivity index (χ4v) is 4.85. The highest BCUT2D eigenvalue weighted by Gasteiger charge is 2.28. The average Bonchev–Trinajstić information content (AvgIpc) is 2.83. The number of carbonyl (C=O) groups excluding carboxylic acids is 1. The molecule has 0 fully saturated rings. The summed E-state index contributed by atoms with van der Waals surface area (Å²) in [5.41, 5.74) is 1.93. The number of hydrogen-bond acceptors (Lipinski definition) is 5. The van der Waals surface area contributed by atoms with Crippen LogP contribution < -0.4 is 19.1 Å². The summed E-state index contributed by atoms with van der Waals surface area (Å²) in [7, 11) is -1.08. The van der Waals surface area contributed by atoms with E-state index in [0.717, 1.165) is 22.0 Å². The maximum Gasteiger partial charge on any atom is 0.264 e. The van der Waals surface area contributed by atoms with Crippen molar-refractivity contribution in [3.63, 3.8) is 0 Å². The largest absolute Gasteiger partial charge is 0.497 e. The number of rotatable bonds is 9. The number of nitrogens with zero attached hydrogens (tertiary/aromatic N) is 1. The smallest absolute Gasteiger partial charge is 0.264 e. The first kappa shape index (κ1) is 25.0. The Hall–Kier alpha value is -3.59. The molecule has 0 radical (unpaired) electrons. The standard InChI is InChI=1S/C25H27FN2O5S/c1-17-5-9-20(10-6-17)28(34(30,31)22-12-7-19(26)8-13-22)16-25(29)27-18(2)23-15-21(32-3)11-14-24(23)33-4/h5-15,18H,16H2,1-4H3,(H,27,29). The molecule has 0 saturated carbocycles. The minimum Gasteiger partial charge on any atom is -0.497 e. The Bertz CT molecular complexity index is 1250. The zero-order valence-corrected chi connectivity index (χ0v) is 20.2. The second-order valence-electron chi connectivity index (χ2n) is 7.70. The van der Waals surface area contributed by atoms with Crippen molar-refractivity contribution in [3.8, 4) is 11.5 Å². The summed E-state index contributed by atoms with van der Waals surface area (Å²) in [6, 6.07) is 16.0. The molecular weight excluding hydrogens is 459 g/mol. The molecule has 3 aromatic carbocycles. The second-order valence-corrected chi connectivity index (χ2v) is 9.56. The van der Waals surface area contributed by atoms with Crippen molar-refractivity contribution >= 4 is 21.6 Å². The number of nitrogens with one attached hydrogen (secondary N) is 1. The van der Waals surface area contributed by atoms with Crippen LogP contribution in [0.3, 0.4) is 0 Å². The van der Waals surface area contributed by atoms with E-state index in [-0.39, 0.29) is 4.90 Å². The van der Waals surface area contributed by atoms with E-state index in [4.69, 9.17) is 9.47 Å². The number of benzene rings is 3. The molecule has 0 spiro atoms. The molecule has 180 valence electrons. The van der Waals surface area contributed by atoms with Crippen LogP contribution in [0.25, 0.3) is 0 Å². The first-order valence-corrected chi connectivity index (χ1v) is 12.0. The van der Waals surface area contributed by atoms with E-state index in [0.29, 0.717) is 22.7 Å². The molecule has 0 aliphatic heterocycles. The number of aryl methyl sites for hydroxylation is 1. The van der Waals surface area contributed by atoms with E-state index < -0.39 is 34.3 Å². The van der Waals surface area contributed by atoms with Gasteiger partial charge in [0.15, 0.2) is 0 Å². The van der Waals surface area contributed by atoms with Crippen LogP contribution in [0, 0.1) is 12.7 Å². The van der Waals surface area contributed by atoms with Gasteiger partial charge in [0.1, 0.15) is 23.9 Å². The molecule has 7 nitrogen and oxygen atoms in total. The van der Waals surface area contributed by atoms with Crippen LogP contribution in [0.2, 0.25) is 0 Å². The molecular formula is C25H27FN2O5S. The number of carbonyl (C=O) groups is 1. The first-order chi connectivity index (χ1) is 16.1. The SMILES string of the molecule is COc1ccc(OC)c(C(C)NC(=O)CN(c2ccc(C)cc2)S(=O)(=O)c2ccc(F)cc2)c1. The van der Waals surface area contributed by atoms with E-state index in [2.05, 4.69) is 5.32 Å². The predicted octanol–water partition coefficient (Wildman–Crippen LogP) is 4.22. The Kier molecular flexibility index (Phi) is 7.78. The molecule has 3 aromatic rings. The molecule has 0 bridgehead atoms. The minimum atomic E-state index is -4.14. The lowest BCUT2D eigenvalue weighted by atomic mass is 10.1. The molecule has 3 rings (SSSR count). The van der Waals surface area contributed by atoms with Gasteiger partial charge in [0.05, 0.1) is 30.8 Å². The van der Waals surface area contributed by atoms with E-state index in [1.807, 2.05) is 6.92 Å². The molecule has 34 heavy (non-hydrogen) atoms. The van der Waals surface area contributed by atoms with Crippen molar-refractivity contribution in [3.05, 3.63) is 83.7 Å². The van der Waals surface area contributed by atoms with Crippen molar-refractivity contribution < 1.29 is 27.1 Å². The molecule has 1 N–H and O–H groups in total. The Morgan fingerprint density at radius 1 is 1.00 bits per heavy atom. The maximum absolute atomic E-state index is 13.4. The van der Waals surface area contributed by atoms with Gasteiger partial charge in [-0.15, -0.1) is 0 Å². The molecule has 9 heteroatoms. The molecule has 0 aromatic heterocycles. The van der Waals surface area contributed by atoms with E-state index in [9.17, 15) is 17.6 Å². The van der Waals surface area contributed by atoms with E-state index in [1.165, 1.54) is 26.4 Å². The number of sulfonamides is 1. The highest BCUT2D eigenvalue weighted by atomic mass is 32.2. The normalized spacial score (nSPS) is 12.0. The monoisotopic (exact) mass is 486 g/mol. The van der Waals surface area contributed by atoms with Gasteiger partial charge in [-0.25, -0.2) is 12.8 Å². The Morgan fingerprint density at radius 2 is 1.65 bits per heavy atom. The van der Waals surface area contributed by atoms with Gasteiger partial charge in [-0.2, -0.15) is 0 Å². The fraction of sp³-hybridized carbons (Fsp3) is 0.240. The molecule has 1 atom stereocenters. The topological polar surface area (TPSA) is 84.9 Å². The summed E-state index contributed by atoms with van der Waals surface area (Å²) in [6.45, 7) is 3.16. The van der Waals surface area contributed by atoms with Crippen molar-refractivity contribution in [1.82, 2.24) is 5.32 Å². The van der Waals surface area contributed by atoms with Gasteiger partial charge < -0.3 is 14.8 Å². The van der Waals surface area contributed by atoms with Gasteiger partial charge in [0.25, 0.3) is 10.0 Å². The summed E-state index contributed by atoms with van der Waals surface area (Å²) >= 11 is 0. The van der Waals surface area contributed by atoms with Gasteiger partial charge in [0.2, 0.25) is 5.91 Å². The van der Waals surface area contributed by atoms with Crippen LogP contribution in [0.15, 0.2) is 71.6 Å². The molecule has 0 aliphatic rings. The summed E-state index contributed by atoms with van der Waals surface area (Å²) in [5.74, 6) is 0.0725. The second kappa shape index (κ2) is 10.6. The van der Waals surface area contributed by atoms with Gasteiger partial charge in [-0.3, -0.25) is 9.10 Å². The summed E-state index contributed by atoms with van der Waals surface area (Å²) in [4.78, 5) is 12.9. The first-order valence-electron chi connectivity index (χ1n) is 10.5. The molecule has 0 aliphatic carbocycles. The molecule has 1 unspecified atom stereocenters. The third kappa shape index (κ3) is 5.66. The third-order valence-electron chi connectivity index (χ3n) is 5.29. The quantitative estimate of drug-likeness (QED) is 0.490. The highest BCUT2D eigenvalue weighted by Crippen LogP contribution is 2.29. The van der Waals surface area contributed by atoms with Crippen LogP contribution >= 0.6 is 0 Å². The van der Waals surface area contributed by atoms with Crippen LogP contribution in [0.5, 0.6) is 11.5 Å². The van der Waals surface area contributed by atoms with Crippen molar-refractivity contribution in [2.24, 2.45) is 0 Å². The minimum absolute atomic E-state index is 0.121. The van der Waals surface area contributed by atoms with Gasteiger partial charge >= 0.3 is 0 Å². The highest BCUT2D eigenvalue weighted by molar-refractivity contribution is 7.92. The molecule has 0 heterocycles. The number of ether oxygens (including phenoxy) is 2. The number of amides is 1. The number of hydrogen-bond donors (Lipinski definition) is 1. The van der Waals surface area contributed by atoms with Crippen molar-refractivity contribution in [1.29, 1.82) is 0 Å². The Labute approximate surface area is 199 Å². The summed E-state index contributed by atoms with van der Waals surface area (Å²) < 4.78 is 51.8. The average molecular weight is 487 g/mol. The molecule has 1 amide bonds. The Morgan fingerprint density at radius 3 is 2.24 bits per heavy atom. The zero-order chi connectivity index (χ0) is 24.9. The summed E-state index contributed by atoms with van der Waals surface area (Å²) in [6.07, 6.45) is 0. The van der Waals surface area contributed by atoms with Gasteiger partial charge in [0, 0.05) is 5.56 Å². The molecule has 0 saturated heterocycles. The number of methoxy groups -OCH3 is 2. The predicted molar refractivity (Wildman–Crippen MR) is 128 cm³/mol. The van der Waals surface area contributed by atoms with Gasteiger partial charge in [-0.05, 0) is 68.4 Å². The maximum atomic E-state index is 13.4. The van der Waals surface area contributed by atoms with Crippen molar-refractivity contribution in [2.45, 2.75) is 24.8 Å². The lowest BCUT2D eigenvalue weighted by molar-refractivity contribution is -0.120. The van der Waals surface area contributed by atoms with Crippen LogP contribution in [0.4, 0.5) is 10.1 Å². The third-order valence-corrected chi connectivity index (χ3v) is 7.08. The van der Waals surface area contributed by atoms with E-state index >= 15 is 0 Å². The summed E-state index contributed by atoms with van der Waals surface area (Å²) in [5, 5.41) is 2.83. The van der Waals surface area contributed by atoms with Crippen LogP contribution in [-0.2, 0) is 14.8 Å². The lowest BCUT2D eigenvalue weighted by Gasteiger charge is -2.25. The Balaban J connectivity index is 1.90. The number of halogens is 1. The van der Waals surface area contributed by atoms with Gasteiger partial charge in [-0.1, -0.05) is 17.7 Å². The number of anilines is 1. The van der Waals surface area contributed by atoms with Crippen LogP contribution in [-0.4, -0.2) is 35.1 Å². The fourth-order valence-electron chi connectivity index (χ4n) is 3.43.